The minimum atomic E-state index is -0.390. The third-order valence-corrected chi connectivity index (χ3v) is 3.41. The van der Waals surface area contributed by atoms with Crippen LogP contribution in [0.3, 0.4) is 0 Å². The molecule has 0 fully saturated rings. The number of rotatable bonds is 6. The van der Waals surface area contributed by atoms with Crippen molar-refractivity contribution in [2.24, 2.45) is 7.05 Å². The fraction of sp³-hybridized carbons (Fsp3) is 0.400. The number of benzene rings is 1. The quantitative estimate of drug-likeness (QED) is 0.824. The van der Waals surface area contributed by atoms with E-state index in [2.05, 4.69) is 17.3 Å². The Morgan fingerprint density at radius 3 is 2.86 bits per heavy atom. The van der Waals surface area contributed by atoms with Gasteiger partial charge in [0.25, 0.3) is 0 Å². The minimum absolute atomic E-state index is 0.237. The van der Waals surface area contributed by atoms with Crippen molar-refractivity contribution in [1.29, 1.82) is 0 Å². The van der Waals surface area contributed by atoms with Crippen molar-refractivity contribution < 1.29 is 9.13 Å². The van der Waals surface area contributed by atoms with Gasteiger partial charge in [0.2, 0.25) is 5.88 Å². The third-order valence-electron chi connectivity index (χ3n) is 3.12. The van der Waals surface area contributed by atoms with Gasteiger partial charge in [-0.15, -0.1) is 0 Å². The molecule has 0 atom stereocenters. The lowest BCUT2D eigenvalue weighted by Crippen LogP contribution is -2.14. The Balaban J connectivity index is 2.26. The molecule has 0 unspecified atom stereocenters. The van der Waals surface area contributed by atoms with Gasteiger partial charge in [0.15, 0.2) is 0 Å². The molecule has 0 radical (unpaired) electrons. The second-order valence-corrected chi connectivity index (χ2v) is 5.25. The molecule has 4 nitrogen and oxygen atoms in total. The number of aromatic nitrogens is 2. The van der Waals surface area contributed by atoms with Crippen molar-refractivity contribution in [3.63, 3.8) is 0 Å². The molecule has 2 aromatic rings. The highest BCUT2D eigenvalue weighted by molar-refractivity contribution is 6.32. The maximum absolute atomic E-state index is 13.1. The van der Waals surface area contributed by atoms with E-state index in [1.54, 1.807) is 4.68 Å². The summed E-state index contributed by atoms with van der Waals surface area (Å²) in [7, 11) is 1.81. The summed E-state index contributed by atoms with van der Waals surface area (Å²) in [5.41, 5.74) is 1.88. The second-order valence-electron chi connectivity index (χ2n) is 4.85. The van der Waals surface area contributed by atoms with Crippen LogP contribution in [0.25, 0.3) is 0 Å². The lowest BCUT2D eigenvalue weighted by Gasteiger charge is -2.10. The molecule has 0 amide bonds. The lowest BCUT2D eigenvalue weighted by atomic mass is 10.2. The first-order valence-electron chi connectivity index (χ1n) is 6.89. The first-order chi connectivity index (χ1) is 10.0. The molecule has 1 heterocycles. The molecule has 2 rings (SSSR count). The Morgan fingerprint density at radius 2 is 2.19 bits per heavy atom. The molecule has 0 saturated carbocycles. The van der Waals surface area contributed by atoms with Gasteiger partial charge >= 0.3 is 0 Å². The molecule has 0 aliphatic carbocycles. The minimum Gasteiger partial charge on any atom is -0.437 e. The van der Waals surface area contributed by atoms with Gasteiger partial charge in [-0.2, -0.15) is 5.10 Å². The second kappa shape index (κ2) is 6.91. The third kappa shape index (κ3) is 3.74. The van der Waals surface area contributed by atoms with Crippen molar-refractivity contribution in [3.05, 3.63) is 40.3 Å². The van der Waals surface area contributed by atoms with Crippen LogP contribution >= 0.6 is 11.6 Å². The number of halogens is 2. The van der Waals surface area contributed by atoms with E-state index in [9.17, 15) is 4.39 Å². The normalized spacial score (nSPS) is 10.9. The Bertz CT molecular complexity index is 628. The van der Waals surface area contributed by atoms with Crippen LogP contribution in [0.1, 0.15) is 24.6 Å². The molecule has 6 heteroatoms. The summed E-state index contributed by atoms with van der Waals surface area (Å²) in [6, 6.07) is 4.07. The van der Waals surface area contributed by atoms with E-state index in [0.717, 1.165) is 24.2 Å². The van der Waals surface area contributed by atoms with Crippen molar-refractivity contribution in [2.75, 3.05) is 6.54 Å². The van der Waals surface area contributed by atoms with E-state index in [-0.39, 0.29) is 5.02 Å². The van der Waals surface area contributed by atoms with Crippen molar-refractivity contribution in [3.8, 4) is 11.6 Å². The molecule has 0 saturated heterocycles. The van der Waals surface area contributed by atoms with Crippen molar-refractivity contribution in [2.45, 2.75) is 26.8 Å². The molecule has 114 valence electrons. The van der Waals surface area contributed by atoms with Gasteiger partial charge in [-0.1, -0.05) is 18.5 Å². The maximum Gasteiger partial charge on any atom is 0.222 e. The first kappa shape index (κ1) is 15.8. The van der Waals surface area contributed by atoms with Crippen LogP contribution < -0.4 is 10.1 Å². The summed E-state index contributed by atoms with van der Waals surface area (Å²) < 4.78 is 20.6. The van der Waals surface area contributed by atoms with Crippen LogP contribution in [0.4, 0.5) is 4.39 Å². The highest BCUT2D eigenvalue weighted by Gasteiger charge is 2.16. The molecule has 21 heavy (non-hydrogen) atoms. The number of nitrogens with zero attached hydrogens (tertiary/aromatic N) is 2. The smallest absolute Gasteiger partial charge is 0.222 e. The zero-order valence-corrected chi connectivity index (χ0v) is 13.2. The van der Waals surface area contributed by atoms with Crippen LogP contribution in [-0.2, 0) is 13.6 Å². The van der Waals surface area contributed by atoms with Gasteiger partial charge in [-0.25, -0.2) is 9.07 Å². The number of hydrogen-bond donors (Lipinski definition) is 1. The van der Waals surface area contributed by atoms with Gasteiger partial charge in [0.1, 0.15) is 11.6 Å². The molecule has 1 N–H and O–H groups in total. The number of hydrogen-bond acceptors (Lipinski definition) is 3. The maximum atomic E-state index is 13.1. The summed E-state index contributed by atoms with van der Waals surface area (Å²) >= 11 is 6.01. The van der Waals surface area contributed by atoms with E-state index in [1.807, 2.05) is 14.0 Å². The summed E-state index contributed by atoms with van der Waals surface area (Å²) in [4.78, 5) is 0. The monoisotopic (exact) mass is 311 g/mol. The van der Waals surface area contributed by atoms with Crippen molar-refractivity contribution >= 4 is 11.6 Å². The van der Waals surface area contributed by atoms with Crippen LogP contribution in [0.15, 0.2) is 18.2 Å². The van der Waals surface area contributed by atoms with Gasteiger partial charge < -0.3 is 10.1 Å². The molecular weight excluding hydrogens is 293 g/mol. The van der Waals surface area contributed by atoms with E-state index in [4.69, 9.17) is 16.3 Å². The highest BCUT2D eigenvalue weighted by atomic mass is 35.5. The fourth-order valence-electron chi connectivity index (χ4n) is 2.06. The first-order valence-corrected chi connectivity index (χ1v) is 7.26. The predicted molar refractivity (Wildman–Crippen MR) is 81.4 cm³/mol. The van der Waals surface area contributed by atoms with Crippen LogP contribution in [-0.4, -0.2) is 16.3 Å². The fourth-order valence-corrected chi connectivity index (χ4v) is 2.27. The van der Waals surface area contributed by atoms with Crippen LogP contribution in [0.2, 0.25) is 5.02 Å². The number of ether oxygens (including phenoxy) is 1. The summed E-state index contributed by atoms with van der Waals surface area (Å²) in [5, 5.41) is 7.93. The lowest BCUT2D eigenvalue weighted by molar-refractivity contribution is 0.423. The topological polar surface area (TPSA) is 39.1 Å². The van der Waals surface area contributed by atoms with Gasteiger partial charge in [0.05, 0.1) is 16.3 Å². The number of aryl methyl sites for hydroxylation is 2. The summed E-state index contributed by atoms with van der Waals surface area (Å²) in [6.07, 6.45) is 1.05. The highest BCUT2D eigenvalue weighted by Crippen LogP contribution is 2.32. The number of nitrogens with one attached hydrogen (secondary N) is 1. The SMILES string of the molecule is CCCNCc1c(C)nn(C)c1Oc1ccc(F)cc1Cl. The Morgan fingerprint density at radius 1 is 1.43 bits per heavy atom. The Hall–Kier alpha value is -1.59. The Labute approximate surface area is 128 Å². The standard InChI is InChI=1S/C15H19ClFN3O/c1-4-7-18-9-12-10(2)19-20(3)15(12)21-14-6-5-11(17)8-13(14)16/h5-6,8,18H,4,7,9H2,1-3H3. The molecule has 0 aliphatic heterocycles. The van der Waals surface area contributed by atoms with Gasteiger partial charge in [-0.05, 0) is 38.1 Å². The molecule has 0 aliphatic rings. The average molecular weight is 312 g/mol. The van der Waals surface area contributed by atoms with Gasteiger partial charge in [0, 0.05) is 13.6 Å². The van der Waals surface area contributed by atoms with Gasteiger partial charge in [-0.3, -0.25) is 0 Å². The zero-order valence-electron chi connectivity index (χ0n) is 12.4. The molecule has 1 aromatic heterocycles. The Kier molecular flexibility index (Phi) is 5.20. The molecular formula is C15H19ClFN3O. The average Bonchev–Trinajstić information content (AvgIpc) is 2.68. The van der Waals surface area contributed by atoms with Crippen LogP contribution in [0.5, 0.6) is 11.6 Å². The summed E-state index contributed by atoms with van der Waals surface area (Å²) in [6.45, 7) is 5.63. The van der Waals surface area contributed by atoms with Crippen LogP contribution in [0, 0.1) is 12.7 Å². The largest absolute Gasteiger partial charge is 0.437 e. The van der Waals surface area contributed by atoms with E-state index in [1.165, 1.54) is 18.2 Å². The zero-order chi connectivity index (χ0) is 15.4. The molecule has 1 aromatic carbocycles. The van der Waals surface area contributed by atoms with E-state index < -0.39 is 5.82 Å². The van der Waals surface area contributed by atoms with Crippen molar-refractivity contribution in [1.82, 2.24) is 15.1 Å². The molecule has 0 spiro atoms. The predicted octanol–water partition coefficient (Wildman–Crippen LogP) is 3.81. The van der Waals surface area contributed by atoms with E-state index >= 15 is 0 Å². The summed E-state index contributed by atoms with van der Waals surface area (Å²) in [5.74, 6) is 0.640. The molecule has 0 bridgehead atoms. The van der Waals surface area contributed by atoms with E-state index in [0.29, 0.717) is 18.2 Å².